The van der Waals surface area contributed by atoms with Crippen LogP contribution in [0.3, 0.4) is 0 Å². The molecule has 9 aromatic carbocycles. The van der Waals surface area contributed by atoms with Gasteiger partial charge in [0.1, 0.15) is 11.2 Å². The summed E-state index contributed by atoms with van der Waals surface area (Å²) in [6.07, 6.45) is 0. The van der Waals surface area contributed by atoms with Gasteiger partial charge in [0.05, 0.1) is 11.0 Å². The Morgan fingerprint density at radius 3 is 1.91 bits per heavy atom. The third-order valence-electron chi connectivity index (χ3n) is 13.9. The molecule has 66 heavy (non-hydrogen) atoms. The van der Waals surface area contributed by atoms with Crippen molar-refractivity contribution in [2.75, 3.05) is 0 Å². The molecule has 4 aromatic heterocycles. The Labute approximate surface area is 383 Å². The van der Waals surface area contributed by atoms with Gasteiger partial charge in [-0.15, -0.1) is 11.3 Å². The van der Waals surface area contributed by atoms with E-state index in [2.05, 4.69) is 182 Å². The van der Waals surface area contributed by atoms with Gasteiger partial charge in [0.25, 0.3) is 0 Å². The first-order chi connectivity index (χ1) is 32.5. The molecule has 0 saturated heterocycles. The number of aromatic nitrogens is 4. The Balaban J connectivity index is 0.923. The quantitative estimate of drug-likeness (QED) is 0.173. The molecular weight excluding hydrogens is 825 g/mol. The van der Waals surface area contributed by atoms with Crippen LogP contribution in [-0.4, -0.2) is 19.5 Å². The van der Waals surface area contributed by atoms with Crippen LogP contribution in [0.25, 0.3) is 126 Å². The van der Waals surface area contributed by atoms with E-state index in [0.29, 0.717) is 17.5 Å². The maximum absolute atomic E-state index is 6.62. The Morgan fingerprint density at radius 2 is 1.08 bits per heavy atom. The lowest BCUT2D eigenvalue weighted by atomic mass is 9.82. The topological polar surface area (TPSA) is 56.7 Å². The van der Waals surface area contributed by atoms with Crippen molar-refractivity contribution in [2.24, 2.45) is 0 Å². The van der Waals surface area contributed by atoms with Crippen LogP contribution in [0.4, 0.5) is 0 Å². The van der Waals surface area contributed by atoms with E-state index in [-0.39, 0.29) is 5.41 Å². The summed E-state index contributed by atoms with van der Waals surface area (Å²) in [6.45, 7) is 4.61. The van der Waals surface area contributed by atoms with E-state index in [0.717, 1.165) is 49.9 Å². The summed E-state index contributed by atoms with van der Waals surface area (Å²) >= 11 is 1.85. The number of fused-ring (bicyclic) bond motifs is 12. The van der Waals surface area contributed by atoms with Gasteiger partial charge >= 0.3 is 0 Å². The van der Waals surface area contributed by atoms with Crippen molar-refractivity contribution in [3.8, 4) is 62.1 Å². The van der Waals surface area contributed by atoms with E-state index in [4.69, 9.17) is 19.4 Å². The van der Waals surface area contributed by atoms with Crippen molar-refractivity contribution in [3.63, 3.8) is 0 Å². The molecule has 4 heterocycles. The molecule has 0 unspecified atom stereocenters. The molecule has 13 aromatic rings. The molecule has 0 saturated carbocycles. The summed E-state index contributed by atoms with van der Waals surface area (Å²) in [5.41, 5.74) is 15.3. The van der Waals surface area contributed by atoms with Gasteiger partial charge in [-0.25, -0.2) is 15.0 Å². The number of hydrogen-bond acceptors (Lipinski definition) is 5. The second-order valence-corrected chi connectivity index (χ2v) is 19.0. The second-order valence-electron chi connectivity index (χ2n) is 17.9. The Bertz CT molecular complexity index is 4100. The van der Waals surface area contributed by atoms with Gasteiger partial charge < -0.3 is 8.98 Å². The minimum absolute atomic E-state index is 0.158. The van der Waals surface area contributed by atoms with Gasteiger partial charge in [-0.1, -0.05) is 153 Å². The molecule has 14 rings (SSSR count). The minimum atomic E-state index is -0.158. The van der Waals surface area contributed by atoms with Crippen molar-refractivity contribution in [2.45, 2.75) is 19.3 Å². The maximum atomic E-state index is 6.62. The van der Waals surface area contributed by atoms with Crippen LogP contribution in [-0.2, 0) is 5.41 Å². The monoisotopic (exact) mass is 862 g/mol. The Kier molecular flexibility index (Phi) is 7.84. The first-order valence-corrected chi connectivity index (χ1v) is 23.2. The van der Waals surface area contributed by atoms with Gasteiger partial charge in [0.2, 0.25) is 0 Å². The number of rotatable bonds is 5. The number of para-hydroxylation sites is 2. The van der Waals surface area contributed by atoms with Gasteiger partial charge in [-0.05, 0) is 88.0 Å². The molecule has 0 aliphatic heterocycles. The predicted octanol–water partition coefficient (Wildman–Crippen LogP) is 16.2. The second kappa shape index (κ2) is 13.9. The molecule has 5 nitrogen and oxygen atoms in total. The molecule has 6 heteroatoms. The van der Waals surface area contributed by atoms with Crippen LogP contribution < -0.4 is 0 Å². The number of hydrogen-bond donors (Lipinski definition) is 0. The van der Waals surface area contributed by atoms with E-state index in [1.165, 1.54) is 69.8 Å². The van der Waals surface area contributed by atoms with Crippen LogP contribution in [0.1, 0.15) is 25.0 Å². The molecule has 0 N–H and O–H groups in total. The van der Waals surface area contributed by atoms with Crippen LogP contribution in [0, 0.1) is 0 Å². The third kappa shape index (κ3) is 5.42. The highest BCUT2D eigenvalue weighted by Gasteiger charge is 2.35. The van der Waals surface area contributed by atoms with Crippen molar-refractivity contribution in [1.82, 2.24) is 19.5 Å². The summed E-state index contributed by atoms with van der Waals surface area (Å²) in [6, 6.07) is 69.4. The summed E-state index contributed by atoms with van der Waals surface area (Å²) in [5, 5.41) is 7.03. The summed E-state index contributed by atoms with van der Waals surface area (Å²) in [5.74, 6) is 1.86. The van der Waals surface area contributed by atoms with E-state index in [1.54, 1.807) is 0 Å². The molecule has 0 amide bonds. The van der Waals surface area contributed by atoms with Gasteiger partial charge in [0, 0.05) is 69.5 Å². The maximum Gasteiger partial charge on any atom is 0.164 e. The van der Waals surface area contributed by atoms with Gasteiger partial charge in [0.15, 0.2) is 17.5 Å². The number of furan rings is 1. The van der Waals surface area contributed by atoms with Crippen LogP contribution in [0.5, 0.6) is 0 Å². The number of benzene rings is 9. The molecule has 0 bridgehead atoms. The summed E-state index contributed by atoms with van der Waals surface area (Å²) in [7, 11) is 0. The molecule has 310 valence electrons. The molecule has 0 atom stereocenters. The zero-order valence-corrected chi connectivity index (χ0v) is 36.9. The molecule has 0 spiro atoms. The lowest BCUT2D eigenvalue weighted by Crippen LogP contribution is -2.15. The fourth-order valence-corrected chi connectivity index (χ4v) is 11.9. The highest BCUT2D eigenvalue weighted by atomic mass is 32.1. The summed E-state index contributed by atoms with van der Waals surface area (Å²) in [4.78, 5) is 15.7. The first-order valence-electron chi connectivity index (χ1n) is 22.4. The van der Waals surface area contributed by atoms with Crippen LogP contribution in [0.15, 0.2) is 199 Å². The zero-order chi connectivity index (χ0) is 43.7. The zero-order valence-electron chi connectivity index (χ0n) is 36.1. The van der Waals surface area contributed by atoms with Crippen molar-refractivity contribution in [3.05, 3.63) is 205 Å². The number of nitrogens with zero attached hydrogens (tertiary/aromatic N) is 4. The van der Waals surface area contributed by atoms with Crippen molar-refractivity contribution in [1.29, 1.82) is 0 Å². The largest absolute Gasteiger partial charge is 0.456 e. The highest BCUT2D eigenvalue weighted by Crippen LogP contribution is 2.50. The predicted molar refractivity (Wildman–Crippen MR) is 274 cm³/mol. The fourth-order valence-electron chi connectivity index (χ4n) is 10.8. The van der Waals surface area contributed by atoms with Crippen LogP contribution >= 0.6 is 11.3 Å². The smallest absolute Gasteiger partial charge is 0.164 e. The van der Waals surface area contributed by atoms with Crippen molar-refractivity contribution >= 4 is 75.3 Å². The average Bonchev–Trinajstić information content (AvgIpc) is 4.10. The molecule has 0 radical (unpaired) electrons. The highest BCUT2D eigenvalue weighted by molar-refractivity contribution is 7.26. The standard InChI is InChI=1S/C60H38N4OS/c1-60(2)47-21-9-6-16-40(47)41-29-26-37(33-48(41)60)58-61-57(35-14-4-3-5-15-35)62-59(63-58)45-20-12-24-52-55(45)46-32-36(27-31-51(46)65-52)39-19-13-25-53-56(39)44-30-28-38(34-54(44)66-53)64-49-22-10-7-17-42(49)43-18-8-11-23-50(43)64/h3-34H,1-2H3. The molecule has 0 fully saturated rings. The van der Waals surface area contributed by atoms with Crippen molar-refractivity contribution < 1.29 is 4.42 Å². The Hall–Kier alpha value is -8.19. The van der Waals surface area contributed by atoms with E-state index in [9.17, 15) is 0 Å². The Morgan fingerprint density at radius 1 is 0.409 bits per heavy atom. The molecule has 1 aliphatic rings. The van der Waals surface area contributed by atoms with E-state index >= 15 is 0 Å². The van der Waals surface area contributed by atoms with E-state index in [1.807, 2.05) is 41.7 Å². The lowest BCUT2D eigenvalue weighted by molar-refractivity contribution is 0.660. The average molecular weight is 863 g/mol. The lowest BCUT2D eigenvalue weighted by Gasteiger charge is -2.21. The first kappa shape index (κ1) is 37.2. The SMILES string of the molecule is CC1(C)c2ccccc2-c2ccc(-c3nc(-c4ccccc4)nc(-c4cccc5oc6ccc(-c7cccc8sc9cc(-n%10c%11ccccc%11c%11ccccc%11%10)ccc9c78)cc6c45)n3)cc21. The van der Waals surface area contributed by atoms with E-state index < -0.39 is 0 Å². The van der Waals surface area contributed by atoms with Crippen LogP contribution in [0.2, 0.25) is 0 Å². The normalized spacial score (nSPS) is 13.1. The number of thiophene rings is 1. The van der Waals surface area contributed by atoms with Gasteiger partial charge in [-0.3, -0.25) is 0 Å². The van der Waals surface area contributed by atoms with Gasteiger partial charge in [-0.2, -0.15) is 0 Å². The molecular formula is C60H38N4OS. The minimum Gasteiger partial charge on any atom is -0.456 e. The summed E-state index contributed by atoms with van der Waals surface area (Å²) < 4.78 is 11.5. The molecule has 1 aliphatic carbocycles. The third-order valence-corrected chi connectivity index (χ3v) is 15.0. The fraction of sp³-hybridized carbons (Fsp3) is 0.0500.